The van der Waals surface area contributed by atoms with Gasteiger partial charge in [0, 0.05) is 36.2 Å². The van der Waals surface area contributed by atoms with E-state index in [0.29, 0.717) is 47.0 Å². The molecule has 162 valence electrons. The largest absolute Gasteiger partial charge is 0.511 e. The summed E-state index contributed by atoms with van der Waals surface area (Å²) in [7, 11) is 0. The van der Waals surface area contributed by atoms with Crippen LogP contribution in [0.1, 0.15) is 73.6 Å². The van der Waals surface area contributed by atoms with Gasteiger partial charge in [-0.2, -0.15) is 0 Å². The van der Waals surface area contributed by atoms with Crippen molar-refractivity contribution in [1.82, 2.24) is 0 Å². The first kappa shape index (κ1) is 25.4. The molecule has 0 aromatic rings. The molecule has 0 fully saturated rings. The number of oxime groups is 1. The minimum Gasteiger partial charge on any atom is -0.511 e. The van der Waals surface area contributed by atoms with E-state index in [0.717, 1.165) is 18.6 Å². The predicted molar refractivity (Wildman–Crippen MR) is 121 cm³/mol. The average molecular weight is 432 g/mol. The molecule has 0 aliphatic heterocycles. The number of hydrogen-bond acceptors (Lipinski definition) is 7. The molecule has 7 heteroatoms. The van der Waals surface area contributed by atoms with Crippen LogP contribution in [-0.4, -0.2) is 45.1 Å². The first-order valence-corrected chi connectivity index (χ1v) is 12.4. The normalized spacial score (nSPS) is 21.6. The van der Waals surface area contributed by atoms with E-state index in [1.165, 1.54) is 0 Å². The van der Waals surface area contributed by atoms with Crippen molar-refractivity contribution in [2.45, 2.75) is 89.8 Å². The zero-order valence-electron chi connectivity index (χ0n) is 18.2. The van der Waals surface area contributed by atoms with Crippen LogP contribution in [0.15, 0.2) is 16.5 Å². The van der Waals surface area contributed by atoms with E-state index >= 15 is 0 Å². The lowest BCUT2D eigenvalue weighted by Gasteiger charge is -2.27. The maximum Gasteiger partial charge on any atom is 0.223 e. The Labute approximate surface area is 179 Å². The number of carbonyl (C=O) groups is 1. The van der Waals surface area contributed by atoms with Crippen molar-refractivity contribution >= 4 is 35.0 Å². The second-order valence-corrected chi connectivity index (χ2v) is 10.8. The van der Waals surface area contributed by atoms with Gasteiger partial charge in [0.2, 0.25) is 6.29 Å². The quantitative estimate of drug-likeness (QED) is 0.221. The molecule has 0 aromatic carbocycles. The summed E-state index contributed by atoms with van der Waals surface area (Å²) in [5.41, 5.74) is 0.891. The molecule has 0 bridgehead atoms. The van der Waals surface area contributed by atoms with Gasteiger partial charge in [0.15, 0.2) is 5.78 Å². The molecule has 1 aliphatic rings. The van der Waals surface area contributed by atoms with E-state index in [4.69, 9.17) is 9.57 Å². The zero-order chi connectivity index (χ0) is 21.1. The van der Waals surface area contributed by atoms with Crippen molar-refractivity contribution in [2.75, 3.05) is 12.4 Å². The van der Waals surface area contributed by atoms with Crippen molar-refractivity contribution < 1.29 is 19.5 Å². The lowest BCUT2D eigenvalue weighted by atomic mass is 9.82. The van der Waals surface area contributed by atoms with Gasteiger partial charge in [-0.1, -0.05) is 32.3 Å². The van der Waals surface area contributed by atoms with Gasteiger partial charge in [0.1, 0.15) is 5.76 Å². The van der Waals surface area contributed by atoms with Gasteiger partial charge < -0.3 is 14.7 Å². The third kappa shape index (κ3) is 8.78. The van der Waals surface area contributed by atoms with E-state index in [9.17, 15) is 9.90 Å². The SMILES string of the molecule is CCCC(=NOC(C)OCC)C1=C(O)CC(CC(C)SC(C)SCC)CC1=O. The number of aliphatic hydroxyl groups excluding tert-OH is 1. The highest BCUT2D eigenvalue weighted by Crippen LogP contribution is 2.35. The van der Waals surface area contributed by atoms with Crippen LogP contribution in [0.25, 0.3) is 0 Å². The highest BCUT2D eigenvalue weighted by Gasteiger charge is 2.31. The molecule has 0 saturated heterocycles. The molecule has 0 spiro atoms. The number of Topliss-reactive ketones (excluding diaryl/α,β-unsaturated/α-hetero) is 1. The molecule has 0 radical (unpaired) electrons. The summed E-state index contributed by atoms with van der Waals surface area (Å²) in [6.45, 7) is 12.8. The van der Waals surface area contributed by atoms with Crippen LogP contribution < -0.4 is 0 Å². The molecule has 1 N–H and O–H groups in total. The molecular weight excluding hydrogens is 394 g/mol. The summed E-state index contributed by atoms with van der Waals surface area (Å²) >= 11 is 3.89. The number of hydrogen-bond donors (Lipinski definition) is 1. The summed E-state index contributed by atoms with van der Waals surface area (Å²) in [5.74, 6) is 1.43. The predicted octanol–water partition coefficient (Wildman–Crippen LogP) is 5.94. The van der Waals surface area contributed by atoms with Crippen molar-refractivity contribution in [1.29, 1.82) is 0 Å². The van der Waals surface area contributed by atoms with Crippen molar-refractivity contribution in [3.63, 3.8) is 0 Å². The summed E-state index contributed by atoms with van der Waals surface area (Å²) in [6.07, 6.45) is 2.85. The molecular formula is C21H37NO4S2. The van der Waals surface area contributed by atoms with Gasteiger partial charge >= 0.3 is 0 Å². The molecule has 1 rings (SSSR count). The molecule has 4 atom stereocenters. The topological polar surface area (TPSA) is 68.1 Å². The van der Waals surface area contributed by atoms with E-state index in [1.807, 2.05) is 37.4 Å². The van der Waals surface area contributed by atoms with Crippen LogP contribution in [-0.2, 0) is 14.4 Å². The number of rotatable bonds is 13. The maximum atomic E-state index is 12.8. The Morgan fingerprint density at radius 3 is 2.54 bits per heavy atom. The summed E-state index contributed by atoms with van der Waals surface area (Å²) < 4.78 is 5.87. The number of ether oxygens (including phenoxy) is 1. The van der Waals surface area contributed by atoms with E-state index in [-0.39, 0.29) is 17.5 Å². The smallest absolute Gasteiger partial charge is 0.223 e. The van der Waals surface area contributed by atoms with Crippen molar-refractivity contribution in [2.24, 2.45) is 11.1 Å². The molecule has 0 amide bonds. The summed E-state index contributed by atoms with van der Waals surface area (Å²) in [6, 6.07) is 0. The Bertz CT molecular complexity index is 551. The lowest BCUT2D eigenvalue weighted by molar-refractivity contribution is -0.127. The monoisotopic (exact) mass is 431 g/mol. The minimum atomic E-state index is -0.480. The van der Waals surface area contributed by atoms with Gasteiger partial charge in [0.25, 0.3) is 0 Å². The van der Waals surface area contributed by atoms with Gasteiger partial charge in [-0.3, -0.25) is 4.79 Å². The third-order valence-corrected chi connectivity index (χ3v) is 7.09. The molecule has 28 heavy (non-hydrogen) atoms. The highest BCUT2D eigenvalue weighted by atomic mass is 32.2. The Hall–Kier alpha value is -0.660. The van der Waals surface area contributed by atoms with Crippen LogP contribution >= 0.6 is 23.5 Å². The minimum absolute atomic E-state index is 0.0261. The number of ketones is 1. The Balaban J connectivity index is 2.80. The number of thioether (sulfide) groups is 2. The van der Waals surface area contributed by atoms with Crippen molar-refractivity contribution in [3.05, 3.63) is 11.3 Å². The number of nitrogens with zero attached hydrogens (tertiary/aromatic N) is 1. The first-order valence-electron chi connectivity index (χ1n) is 10.4. The van der Waals surface area contributed by atoms with Gasteiger partial charge in [-0.25, -0.2) is 0 Å². The van der Waals surface area contributed by atoms with E-state index in [2.05, 4.69) is 25.9 Å². The average Bonchev–Trinajstić information content (AvgIpc) is 2.59. The van der Waals surface area contributed by atoms with Crippen LogP contribution in [0.2, 0.25) is 0 Å². The summed E-state index contributed by atoms with van der Waals surface area (Å²) in [4.78, 5) is 18.2. The lowest BCUT2D eigenvalue weighted by Crippen LogP contribution is -2.26. The van der Waals surface area contributed by atoms with Crippen LogP contribution in [0.3, 0.4) is 0 Å². The maximum absolute atomic E-state index is 12.8. The van der Waals surface area contributed by atoms with E-state index < -0.39 is 6.29 Å². The van der Waals surface area contributed by atoms with Gasteiger partial charge in [-0.05, 0) is 38.4 Å². The molecule has 0 heterocycles. The van der Waals surface area contributed by atoms with E-state index in [1.54, 1.807) is 6.92 Å². The zero-order valence-corrected chi connectivity index (χ0v) is 19.8. The fourth-order valence-corrected chi connectivity index (χ4v) is 6.25. The molecule has 4 unspecified atom stereocenters. The fourth-order valence-electron chi connectivity index (χ4n) is 3.45. The van der Waals surface area contributed by atoms with Crippen LogP contribution in [0.5, 0.6) is 0 Å². The van der Waals surface area contributed by atoms with Gasteiger partial charge in [-0.15, -0.1) is 23.5 Å². The highest BCUT2D eigenvalue weighted by molar-refractivity contribution is 8.17. The molecule has 1 aliphatic carbocycles. The first-order chi connectivity index (χ1) is 13.3. The number of allylic oxidation sites excluding steroid dienone is 2. The second-order valence-electron chi connectivity index (χ2n) is 7.14. The fraction of sp³-hybridized carbons (Fsp3) is 0.810. The van der Waals surface area contributed by atoms with Crippen LogP contribution in [0.4, 0.5) is 0 Å². The number of aliphatic hydroxyl groups is 1. The summed E-state index contributed by atoms with van der Waals surface area (Å²) in [5, 5.41) is 15.2. The van der Waals surface area contributed by atoms with Gasteiger partial charge in [0.05, 0.1) is 11.3 Å². The molecule has 0 aromatic heterocycles. The Morgan fingerprint density at radius 1 is 1.25 bits per heavy atom. The number of carbonyl (C=O) groups excluding carboxylic acids is 1. The van der Waals surface area contributed by atoms with Crippen molar-refractivity contribution in [3.8, 4) is 0 Å². The second kappa shape index (κ2) is 13.5. The standard InChI is InChI=1S/C21H37NO4S2/c1-7-10-18(22-26-15(5)25-8-2)21-19(23)12-17(13-20(21)24)11-14(4)28-16(6)27-9-3/h14-17,23H,7-13H2,1-6H3. The molecule has 5 nitrogen and oxygen atoms in total. The molecule has 0 saturated carbocycles. The van der Waals surface area contributed by atoms with Crippen LogP contribution in [0, 0.1) is 5.92 Å². The third-order valence-electron chi connectivity index (χ3n) is 4.50. The Morgan fingerprint density at radius 2 is 1.96 bits per heavy atom. The Kier molecular flexibility index (Phi) is 12.3.